The van der Waals surface area contributed by atoms with Gasteiger partial charge in [0.15, 0.2) is 0 Å². The van der Waals surface area contributed by atoms with Gasteiger partial charge in [0.05, 0.1) is 10.8 Å². The third-order valence-electron chi connectivity index (χ3n) is 3.99. The van der Waals surface area contributed by atoms with Crippen LogP contribution in [0.4, 0.5) is 17.1 Å². The summed E-state index contributed by atoms with van der Waals surface area (Å²) < 4.78 is 0. The number of rotatable bonds is 3. The maximum absolute atomic E-state index is 12.6. The van der Waals surface area contributed by atoms with Crippen LogP contribution in [0.1, 0.15) is 23.5 Å². The summed E-state index contributed by atoms with van der Waals surface area (Å²) in [6.07, 6.45) is 0.0385. The molecule has 0 fully saturated rings. The van der Waals surface area contributed by atoms with Crippen LogP contribution in [0.2, 0.25) is 0 Å². The maximum Gasteiger partial charge on any atom is 0.274 e. The van der Waals surface area contributed by atoms with Crippen molar-refractivity contribution in [3.8, 4) is 0 Å². The summed E-state index contributed by atoms with van der Waals surface area (Å²) in [5, 5.41) is 16.4. The van der Waals surface area contributed by atoms with Gasteiger partial charge in [0.2, 0.25) is 11.8 Å². The smallest absolute Gasteiger partial charge is 0.274 e. The first-order valence-electron chi connectivity index (χ1n) is 7.40. The molecule has 1 atom stereocenters. The molecule has 0 saturated heterocycles. The molecular formula is C17H15N3O4. The number of anilines is 2. The molecule has 2 amide bonds. The molecule has 1 aliphatic heterocycles. The number of carbonyl (C=O) groups excluding carboxylic acids is 2. The number of nitro groups is 1. The van der Waals surface area contributed by atoms with E-state index >= 15 is 0 Å². The number of nitrogens with zero attached hydrogens (tertiary/aromatic N) is 1. The summed E-state index contributed by atoms with van der Waals surface area (Å²) in [4.78, 5) is 34.9. The van der Waals surface area contributed by atoms with E-state index in [0.29, 0.717) is 16.9 Å². The normalized spacial score (nSPS) is 16.0. The summed E-state index contributed by atoms with van der Waals surface area (Å²) in [5.74, 6) is -1.23. The Kier molecular flexibility index (Phi) is 3.99. The van der Waals surface area contributed by atoms with Gasteiger partial charge in [-0.05, 0) is 24.6 Å². The molecule has 1 heterocycles. The monoisotopic (exact) mass is 325 g/mol. The van der Waals surface area contributed by atoms with E-state index in [1.807, 2.05) is 0 Å². The quantitative estimate of drug-likeness (QED) is 0.669. The third-order valence-corrected chi connectivity index (χ3v) is 3.99. The zero-order valence-electron chi connectivity index (χ0n) is 12.9. The van der Waals surface area contributed by atoms with Crippen molar-refractivity contribution in [2.45, 2.75) is 19.3 Å². The van der Waals surface area contributed by atoms with Gasteiger partial charge < -0.3 is 10.6 Å². The van der Waals surface area contributed by atoms with Gasteiger partial charge in [-0.25, -0.2) is 0 Å². The molecule has 2 aromatic carbocycles. The van der Waals surface area contributed by atoms with E-state index in [4.69, 9.17) is 0 Å². The second kappa shape index (κ2) is 6.11. The standard InChI is InChI=1S/C17H15N3O4/c1-10-6-7-11(8-15(10)20(23)24)18-17(22)13-9-16(21)19-14-5-3-2-4-12(13)14/h2-8,13H,9H2,1H3,(H,18,22)(H,19,21)/t13-/m0/s1. The molecule has 24 heavy (non-hydrogen) atoms. The van der Waals surface area contributed by atoms with E-state index in [9.17, 15) is 19.7 Å². The summed E-state index contributed by atoms with van der Waals surface area (Å²) in [5.41, 5.74) is 2.13. The zero-order valence-corrected chi connectivity index (χ0v) is 12.9. The van der Waals surface area contributed by atoms with Gasteiger partial charge in [0.25, 0.3) is 5.69 Å². The van der Waals surface area contributed by atoms with Gasteiger partial charge in [-0.15, -0.1) is 0 Å². The molecule has 2 N–H and O–H groups in total. The largest absolute Gasteiger partial charge is 0.326 e. The number of carbonyl (C=O) groups is 2. The van der Waals surface area contributed by atoms with Gasteiger partial charge in [-0.3, -0.25) is 19.7 Å². The van der Waals surface area contributed by atoms with Crippen LogP contribution in [0.5, 0.6) is 0 Å². The highest BCUT2D eigenvalue weighted by Crippen LogP contribution is 2.33. The number of aryl methyl sites for hydroxylation is 1. The fourth-order valence-corrected chi connectivity index (χ4v) is 2.76. The molecule has 0 aromatic heterocycles. The number of amides is 2. The zero-order chi connectivity index (χ0) is 17.3. The molecule has 2 aromatic rings. The molecule has 7 nitrogen and oxygen atoms in total. The predicted molar refractivity (Wildman–Crippen MR) is 88.9 cm³/mol. The molecule has 0 saturated carbocycles. The Morgan fingerprint density at radius 2 is 2.04 bits per heavy atom. The number of benzene rings is 2. The minimum Gasteiger partial charge on any atom is -0.326 e. The van der Waals surface area contributed by atoms with Crippen molar-refractivity contribution >= 4 is 28.9 Å². The Hall–Kier alpha value is -3.22. The van der Waals surface area contributed by atoms with Crippen LogP contribution in [0.3, 0.4) is 0 Å². The van der Waals surface area contributed by atoms with Gasteiger partial charge in [0, 0.05) is 29.4 Å². The SMILES string of the molecule is Cc1ccc(NC(=O)[C@H]2CC(=O)Nc3ccccc32)cc1[N+](=O)[O-]. The van der Waals surface area contributed by atoms with Crippen molar-refractivity contribution in [1.82, 2.24) is 0 Å². The average molecular weight is 325 g/mol. The summed E-state index contributed by atoms with van der Waals surface area (Å²) in [6, 6.07) is 11.6. The number of hydrogen-bond acceptors (Lipinski definition) is 4. The van der Waals surface area contributed by atoms with E-state index in [2.05, 4.69) is 10.6 Å². The van der Waals surface area contributed by atoms with Crippen LogP contribution in [0, 0.1) is 17.0 Å². The summed E-state index contributed by atoms with van der Waals surface area (Å²) in [7, 11) is 0. The Balaban J connectivity index is 1.87. The number of nitrogens with one attached hydrogen (secondary N) is 2. The lowest BCUT2D eigenvalue weighted by atomic mass is 9.90. The van der Waals surface area contributed by atoms with Crippen molar-refractivity contribution in [2.24, 2.45) is 0 Å². The van der Waals surface area contributed by atoms with Gasteiger partial charge in [0.1, 0.15) is 0 Å². The number of fused-ring (bicyclic) bond motifs is 1. The Morgan fingerprint density at radius 1 is 1.29 bits per heavy atom. The predicted octanol–water partition coefficient (Wildman–Crippen LogP) is 2.97. The minimum atomic E-state index is -0.629. The topological polar surface area (TPSA) is 101 Å². The Labute approximate surface area is 137 Å². The van der Waals surface area contributed by atoms with Crippen LogP contribution < -0.4 is 10.6 Å². The van der Waals surface area contributed by atoms with E-state index in [0.717, 1.165) is 5.56 Å². The van der Waals surface area contributed by atoms with Crippen molar-refractivity contribution in [3.63, 3.8) is 0 Å². The van der Waals surface area contributed by atoms with Crippen LogP contribution in [-0.4, -0.2) is 16.7 Å². The molecule has 0 bridgehead atoms. The molecule has 0 spiro atoms. The first-order valence-corrected chi connectivity index (χ1v) is 7.40. The van der Waals surface area contributed by atoms with Crippen LogP contribution in [0.25, 0.3) is 0 Å². The number of para-hydroxylation sites is 1. The molecule has 3 rings (SSSR count). The fourth-order valence-electron chi connectivity index (χ4n) is 2.76. The van der Waals surface area contributed by atoms with Crippen LogP contribution in [0.15, 0.2) is 42.5 Å². The molecule has 7 heteroatoms. The van der Waals surface area contributed by atoms with Crippen molar-refractivity contribution in [3.05, 3.63) is 63.7 Å². The van der Waals surface area contributed by atoms with E-state index in [-0.39, 0.29) is 23.9 Å². The molecule has 0 radical (unpaired) electrons. The van der Waals surface area contributed by atoms with Crippen LogP contribution >= 0.6 is 0 Å². The molecular weight excluding hydrogens is 310 g/mol. The van der Waals surface area contributed by atoms with E-state index < -0.39 is 10.8 Å². The van der Waals surface area contributed by atoms with Crippen molar-refractivity contribution in [2.75, 3.05) is 10.6 Å². The number of nitro benzene ring substituents is 1. The minimum absolute atomic E-state index is 0.0385. The average Bonchev–Trinajstić information content (AvgIpc) is 2.55. The van der Waals surface area contributed by atoms with Crippen molar-refractivity contribution in [1.29, 1.82) is 0 Å². The Morgan fingerprint density at radius 3 is 2.79 bits per heavy atom. The lowest BCUT2D eigenvalue weighted by Gasteiger charge is -2.24. The first-order chi connectivity index (χ1) is 11.5. The second-order valence-corrected chi connectivity index (χ2v) is 5.64. The van der Waals surface area contributed by atoms with E-state index in [1.54, 1.807) is 43.3 Å². The van der Waals surface area contributed by atoms with Gasteiger partial charge in [-0.2, -0.15) is 0 Å². The molecule has 122 valence electrons. The molecule has 1 aliphatic rings. The highest BCUT2D eigenvalue weighted by molar-refractivity contribution is 6.05. The van der Waals surface area contributed by atoms with Gasteiger partial charge >= 0.3 is 0 Å². The highest BCUT2D eigenvalue weighted by atomic mass is 16.6. The fraction of sp³-hybridized carbons (Fsp3) is 0.176. The van der Waals surface area contributed by atoms with Crippen molar-refractivity contribution < 1.29 is 14.5 Å². The lowest BCUT2D eigenvalue weighted by Crippen LogP contribution is -2.30. The summed E-state index contributed by atoms with van der Waals surface area (Å²) >= 11 is 0. The van der Waals surface area contributed by atoms with E-state index in [1.165, 1.54) is 6.07 Å². The van der Waals surface area contributed by atoms with Crippen LogP contribution in [-0.2, 0) is 9.59 Å². The maximum atomic E-state index is 12.6. The highest BCUT2D eigenvalue weighted by Gasteiger charge is 2.30. The first kappa shape index (κ1) is 15.7. The summed E-state index contributed by atoms with van der Waals surface area (Å²) in [6.45, 7) is 1.63. The Bertz CT molecular complexity index is 847. The molecule has 0 unspecified atom stereocenters. The second-order valence-electron chi connectivity index (χ2n) is 5.64. The third kappa shape index (κ3) is 2.96. The van der Waals surface area contributed by atoms with Gasteiger partial charge in [-0.1, -0.05) is 24.3 Å². The number of hydrogen-bond donors (Lipinski definition) is 2. The lowest BCUT2D eigenvalue weighted by molar-refractivity contribution is -0.385. The molecule has 0 aliphatic carbocycles.